The van der Waals surface area contributed by atoms with Gasteiger partial charge in [-0.25, -0.2) is 4.79 Å². The Morgan fingerprint density at radius 2 is 1.92 bits per heavy atom. The Bertz CT molecular complexity index is 1160. The van der Waals surface area contributed by atoms with Gasteiger partial charge in [0.2, 0.25) is 5.91 Å². The molecule has 0 aliphatic carbocycles. The Hall–Kier alpha value is -2.94. The van der Waals surface area contributed by atoms with Gasteiger partial charge in [-0.15, -0.1) is 0 Å². The van der Waals surface area contributed by atoms with Gasteiger partial charge in [0, 0.05) is 12.6 Å². The fourth-order valence-corrected chi connectivity index (χ4v) is 5.28. The SMILES string of the molecule is COc1ccc(CC(NC(=O)/C=C/C[C@H](O[Si](C)(C)C(C)(C)C)[C@H](C)/C=C/c2ccccn2)C(=O)O)cc1Cl. The highest BCUT2D eigenvalue weighted by atomic mass is 35.5. The number of aliphatic carboxylic acids is 1. The molecule has 0 fully saturated rings. The first-order valence-electron chi connectivity index (χ1n) is 13.0. The molecule has 1 aromatic heterocycles. The number of rotatable bonds is 13. The predicted octanol–water partition coefficient (Wildman–Crippen LogP) is 6.54. The van der Waals surface area contributed by atoms with Gasteiger partial charge >= 0.3 is 5.97 Å². The molecule has 9 heteroatoms. The number of hydrogen-bond acceptors (Lipinski definition) is 5. The Balaban J connectivity index is 2.11. The van der Waals surface area contributed by atoms with E-state index in [1.165, 1.54) is 13.2 Å². The normalized spacial score (nSPS) is 14.8. The number of halogens is 1. The Morgan fingerprint density at radius 1 is 1.21 bits per heavy atom. The maximum Gasteiger partial charge on any atom is 0.326 e. The van der Waals surface area contributed by atoms with Crippen LogP contribution in [0.4, 0.5) is 0 Å². The molecule has 0 radical (unpaired) electrons. The topological polar surface area (TPSA) is 97.8 Å². The van der Waals surface area contributed by atoms with E-state index in [0.29, 0.717) is 22.8 Å². The predicted molar refractivity (Wildman–Crippen MR) is 160 cm³/mol. The molecule has 3 atom stereocenters. The zero-order chi connectivity index (χ0) is 29.2. The van der Waals surface area contributed by atoms with E-state index >= 15 is 0 Å². The fourth-order valence-electron chi connectivity index (χ4n) is 3.58. The number of carboxylic acids is 1. The van der Waals surface area contributed by atoms with Crippen LogP contribution in [0.25, 0.3) is 6.08 Å². The first-order valence-corrected chi connectivity index (χ1v) is 16.3. The summed E-state index contributed by atoms with van der Waals surface area (Å²) in [6.07, 6.45) is 9.37. The molecule has 7 nitrogen and oxygen atoms in total. The lowest BCUT2D eigenvalue weighted by molar-refractivity contribution is -0.141. The molecule has 1 heterocycles. The molecule has 0 aliphatic heterocycles. The van der Waals surface area contributed by atoms with Crippen molar-refractivity contribution < 1.29 is 23.9 Å². The Kier molecular flexibility index (Phi) is 12.0. The first-order chi connectivity index (χ1) is 18.2. The second kappa shape index (κ2) is 14.4. The summed E-state index contributed by atoms with van der Waals surface area (Å²) >= 11 is 6.16. The van der Waals surface area contributed by atoms with Crippen LogP contribution in [-0.2, 0) is 20.4 Å². The number of carboxylic acid groups (broad SMARTS) is 1. The van der Waals surface area contributed by atoms with Crippen molar-refractivity contribution in [3.05, 3.63) is 77.1 Å². The summed E-state index contributed by atoms with van der Waals surface area (Å²) in [5.41, 5.74) is 1.54. The Labute approximate surface area is 238 Å². The van der Waals surface area contributed by atoms with Crippen LogP contribution in [0.5, 0.6) is 5.75 Å². The second-order valence-corrected chi connectivity index (χ2v) is 16.3. The summed E-state index contributed by atoms with van der Waals surface area (Å²) in [5, 5.41) is 12.7. The van der Waals surface area contributed by atoms with E-state index in [0.717, 1.165) is 5.69 Å². The van der Waals surface area contributed by atoms with E-state index in [-0.39, 0.29) is 23.5 Å². The molecule has 1 aromatic carbocycles. The largest absolute Gasteiger partial charge is 0.495 e. The van der Waals surface area contributed by atoms with Crippen LogP contribution >= 0.6 is 11.6 Å². The standard InChI is InChI=1S/C30H41ClN2O5Si/c1-21(14-16-23-11-8-9-18-32-23)26(38-39(6,7)30(2,3)4)12-10-13-28(34)33-25(29(35)36)20-22-15-17-27(37-5)24(31)19-22/h8-11,13-19,21,25-26H,12,20H2,1-7H3,(H,33,34)(H,35,36)/b13-10+,16-14+/t21-,25?,26+/m1/s1. The van der Waals surface area contributed by atoms with Crippen molar-refractivity contribution in [2.45, 2.75) is 70.8 Å². The van der Waals surface area contributed by atoms with Crippen molar-refractivity contribution >= 4 is 37.9 Å². The zero-order valence-electron chi connectivity index (χ0n) is 23.9. The van der Waals surface area contributed by atoms with E-state index in [1.807, 2.05) is 24.3 Å². The van der Waals surface area contributed by atoms with Gasteiger partial charge < -0.3 is 19.6 Å². The first kappa shape index (κ1) is 32.3. The van der Waals surface area contributed by atoms with Crippen molar-refractivity contribution in [2.24, 2.45) is 5.92 Å². The number of hydrogen-bond donors (Lipinski definition) is 2. The molecular weight excluding hydrogens is 532 g/mol. The average Bonchev–Trinajstić information content (AvgIpc) is 2.86. The van der Waals surface area contributed by atoms with Crippen molar-refractivity contribution in [3.8, 4) is 5.75 Å². The van der Waals surface area contributed by atoms with Gasteiger partial charge in [-0.2, -0.15) is 0 Å². The maximum absolute atomic E-state index is 12.7. The highest BCUT2D eigenvalue weighted by Crippen LogP contribution is 2.38. The highest BCUT2D eigenvalue weighted by molar-refractivity contribution is 6.74. The average molecular weight is 573 g/mol. The molecular formula is C30H41ClN2O5Si. The third-order valence-corrected chi connectivity index (χ3v) is 11.8. The number of methoxy groups -OCH3 is 1. The number of nitrogens with one attached hydrogen (secondary N) is 1. The van der Waals surface area contributed by atoms with Crippen LogP contribution in [-0.4, -0.2) is 49.5 Å². The van der Waals surface area contributed by atoms with Crippen LogP contribution in [0, 0.1) is 5.92 Å². The molecule has 1 amide bonds. The summed E-state index contributed by atoms with van der Waals surface area (Å²) in [4.78, 5) is 28.8. The lowest BCUT2D eigenvalue weighted by Crippen LogP contribution is -2.45. The van der Waals surface area contributed by atoms with E-state index in [4.69, 9.17) is 20.8 Å². The highest BCUT2D eigenvalue weighted by Gasteiger charge is 2.39. The quantitative estimate of drug-likeness (QED) is 0.209. The van der Waals surface area contributed by atoms with Crippen molar-refractivity contribution in [1.29, 1.82) is 0 Å². The third kappa shape index (κ3) is 10.3. The van der Waals surface area contributed by atoms with Crippen molar-refractivity contribution in [1.82, 2.24) is 10.3 Å². The lowest BCUT2D eigenvalue weighted by Gasteiger charge is -2.40. The zero-order valence-corrected chi connectivity index (χ0v) is 25.7. The monoisotopic (exact) mass is 572 g/mol. The summed E-state index contributed by atoms with van der Waals surface area (Å²) in [6, 6.07) is 9.69. The van der Waals surface area contributed by atoms with Crippen LogP contribution < -0.4 is 10.1 Å². The summed E-state index contributed by atoms with van der Waals surface area (Å²) < 4.78 is 11.9. The van der Waals surface area contributed by atoms with Gasteiger partial charge in [0.25, 0.3) is 0 Å². The number of nitrogens with zero attached hydrogens (tertiary/aromatic N) is 1. The van der Waals surface area contributed by atoms with Gasteiger partial charge in [0.1, 0.15) is 11.8 Å². The fraction of sp³-hybridized carbons (Fsp3) is 0.433. The number of aromatic nitrogens is 1. The third-order valence-electron chi connectivity index (χ3n) is 7.01. The van der Waals surface area contributed by atoms with E-state index in [2.05, 4.69) is 57.2 Å². The van der Waals surface area contributed by atoms with E-state index in [1.54, 1.807) is 30.5 Å². The molecule has 2 aromatic rings. The Morgan fingerprint density at radius 3 is 2.49 bits per heavy atom. The van der Waals surface area contributed by atoms with Gasteiger partial charge in [0.15, 0.2) is 8.32 Å². The minimum Gasteiger partial charge on any atom is -0.495 e. The maximum atomic E-state index is 12.7. The van der Waals surface area contributed by atoms with Crippen LogP contribution in [0.15, 0.2) is 60.8 Å². The molecule has 0 saturated heterocycles. The van der Waals surface area contributed by atoms with Gasteiger partial charge in [-0.1, -0.05) is 63.6 Å². The van der Waals surface area contributed by atoms with Crippen LogP contribution in [0.3, 0.4) is 0 Å². The van der Waals surface area contributed by atoms with E-state index < -0.39 is 26.2 Å². The number of ether oxygens (including phenoxy) is 1. The number of amides is 1. The summed E-state index contributed by atoms with van der Waals surface area (Å²) in [7, 11) is -0.587. The molecule has 2 rings (SSSR count). The molecule has 0 aliphatic rings. The number of pyridine rings is 1. The number of benzene rings is 1. The molecule has 0 saturated carbocycles. The van der Waals surface area contributed by atoms with Crippen LogP contribution in [0.2, 0.25) is 23.2 Å². The molecule has 2 N–H and O–H groups in total. The second-order valence-electron chi connectivity index (χ2n) is 11.1. The number of carbonyl (C=O) groups is 2. The molecule has 1 unspecified atom stereocenters. The van der Waals surface area contributed by atoms with Gasteiger partial charge in [0.05, 0.1) is 23.9 Å². The molecule has 212 valence electrons. The van der Waals surface area contributed by atoms with Gasteiger partial charge in [-0.05, 0) is 72.5 Å². The van der Waals surface area contributed by atoms with Crippen LogP contribution in [0.1, 0.15) is 45.4 Å². The number of carbonyl (C=O) groups excluding carboxylic acids is 1. The minimum atomic E-state index is -2.09. The van der Waals surface area contributed by atoms with Crippen molar-refractivity contribution in [3.63, 3.8) is 0 Å². The van der Waals surface area contributed by atoms with Crippen molar-refractivity contribution in [2.75, 3.05) is 7.11 Å². The molecule has 0 bridgehead atoms. The summed E-state index contributed by atoms with van der Waals surface area (Å²) in [5.74, 6) is -1.06. The minimum absolute atomic E-state index is 0.0236. The molecule has 39 heavy (non-hydrogen) atoms. The lowest BCUT2D eigenvalue weighted by atomic mass is 10.0. The molecule has 0 spiro atoms. The smallest absolute Gasteiger partial charge is 0.326 e. The van der Waals surface area contributed by atoms with E-state index in [9.17, 15) is 14.7 Å². The summed E-state index contributed by atoms with van der Waals surface area (Å²) in [6.45, 7) is 13.1. The van der Waals surface area contributed by atoms with Gasteiger partial charge in [-0.3, -0.25) is 9.78 Å².